The average Bonchev–Trinajstić information content (AvgIpc) is 3.29. The standard InChI is InChI=1S/C20H26BrN7O2/c1-20(2,3)30-19(29)27-7-5-6-12(11-27)16-15(21)17(22)28-18(25-16)14(9-24-28)13-8-23-26(4)10-13/h8-10,12H,5-7,11,22H2,1-4H3. The fourth-order valence-corrected chi connectivity index (χ4v) is 4.32. The molecular weight excluding hydrogens is 450 g/mol. The smallest absolute Gasteiger partial charge is 0.410 e. The number of nitrogens with two attached hydrogens (primary N) is 1. The molecule has 4 rings (SSSR count). The maximum Gasteiger partial charge on any atom is 0.410 e. The van der Waals surface area contributed by atoms with Crippen molar-refractivity contribution >= 4 is 33.5 Å². The lowest BCUT2D eigenvalue weighted by molar-refractivity contribution is 0.0197. The van der Waals surface area contributed by atoms with Crippen molar-refractivity contribution in [2.75, 3.05) is 18.8 Å². The Morgan fingerprint density at radius 2 is 2.07 bits per heavy atom. The van der Waals surface area contributed by atoms with Crippen LogP contribution in [0.2, 0.25) is 0 Å². The molecule has 1 atom stereocenters. The number of carbonyl (C=O) groups is 1. The molecule has 0 spiro atoms. The first kappa shape index (κ1) is 20.6. The summed E-state index contributed by atoms with van der Waals surface area (Å²) in [6, 6.07) is 0. The summed E-state index contributed by atoms with van der Waals surface area (Å²) in [7, 11) is 1.87. The number of anilines is 1. The molecule has 3 aromatic heterocycles. The lowest BCUT2D eigenvalue weighted by Gasteiger charge is -2.34. The van der Waals surface area contributed by atoms with E-state index in [2.05, 4.69) is 26.1 Å². The topological polar surface area (TPSA) is 104 Å². The Hall–Kier alpha value is -2.62. The largest absolute Gasteiger partial charge is 0.444 e. The molecule has 30 heavy (non-hydrogen) atoms. The van der Waals surface area contributed by atoms with Gasteiger partial charge in [0.05, 0.1) is 22.6 Å². The number of carbonyl (C=O) groups excluding carboxylic acids is 1. The van der Waals surface area contributed by atoms with Crippen LogP contribution in [-0.2, 0) is 11.8 Å². The zero-order valence-electron chi connectivity index (χ0n) is 17.6. The minimum absolute atomic E-state index is 0.0459. The van der Waals surface area contributed by atoms with Crippen molar-refractivity contribution in [3.63, 3.8) is 0 Å². The average molecular weight is 476 g/mol. The van der Waals surface area contributed by atoms with Gasteiger partial charge < -0.3 is 15.4 Å². The van der Waals surface area contributed by atoms with Crippen molar-refractivity contribution in [2.45, 2.75) is 45.1 Å². The van der Waals surface area contributed by atoms with E-state index in [-0.39, 0.29) is 12.0 Å². The number of nitrogens with zero attached hydrogens (tertiary/aromatic N) is 6. The normalized spacial score (nSPS) is 17.5. The number of hydrogen-bond acceptors (Lipinski definition) is 6. The summed E-state index contributed by atoms with van der Waals surface area (Å²) in [5.74, 6) is 0.532. The first-order valence-corrected chi connectivity index (χ1v) is 10.7. The molecular formula is C20H26BrN7O2. The zero-order valence-corrected chi connectivity index (χ0v) is 19.2. The molecule has 1 saturated heterocycles. The van der Waals surface area contributed by atoms with Gasteiger partial charge in [-0.15, -0.1) is 0 Å². The number of rotatable bonds is 2. The number of aryl methyl sites for hydroxylation is 1. The van der Waals surface area contributed by atoms with Crippen LogP contribution in [0.15, 0.2) is 23.1 Å². The van der Waals surface area contributed by atoms with Crippen LogP contribution < -0.4 is 5.73 Å². The van der Waals surface area contributed by atoms with E-state index < -0.39 is 5.60 Å². The first-order chi connectivity index (χ1) is 14.1. The van der Waals surface area contributed by atoms with Gasteiger partial charge >= 0.3 is 6.09 Å². The van der Waals surface area contributed by atoms with E-state index in [9.17, 15) is 4.79 Å². The molecule has 0 aromatic carbocycles. The first-order valence-electron chi connectivity index (χ1n) is 9.93. The van der Waals surface area contributed by atoms with Gasteiger partial charge in [-0.25, -0.2) is 9.78 Å². The molecule has 3 aromatic rings. The van der Waals surface area contributed by atoms with Gasteiger partial charge in [0.15, 0.2) is 5.65 Å². The third kappa shape index (κ3) is 3.88. The van der Waals surface area contributed by atoms with E-state index in [1.807, 2.05) is 34.0 Å². The molecule has 9 nitrogen and oxygen atoms in total. The monoisotopic (exact) mass is 475 g/mol. The molecule has 0 radical (unpaired) electrons. The van der Waals surface area contributed by atoms with Gasteiger partial charge in [0, 0.05) is 43.4 Å². The molecule has 10 heteroatoms. The quantitative estimate of drug-likeness (QED) is 0.607. The number of amides is 1. The van der Waals surface area contributed by atoms with Crippen LogP contribution in [0.4, 0.5) is 10.6 Å². The Labute approximate surface area is 183 Å². The van der Waals surface area contributed by atoms with Gasteiger partial charge in [0.2, 0.25) is 0 Å². The summed E-state index contributed by atoms with van der Waals surface area (Å²) >= 11 is 3.61. The predicted molar refractivity (Wildman–Crippen MR) is 117 cm³/mol. The molecule has 1 fully saturated rings. The van der Waals surface area contributed by atoms with E-state index in [0.29, 0.717) is 29.0 Å². The van der Waals surface area contributed by atoms with Crippen LogP contribution in [0.25, 0.3) is 16.8 Å². The number of hydrogen-bond donors (Lipinski definition) is 1. The Bertz CT molecular complexity index is 1100. The SMILES string of the molecule is Cn1cc(-c2cnn3c(N)c(Br)c(C4CCCN(C(=O)OC(C)(C)C)C4)nc23)cn1. The Kier molecular flexibility index (Phi) is 5.21. The highest BCUT2D eigenvalue weighted by Gasteiger charge is 2.31. The van der Waals surface area contributed by atoms with Crippen LogP contribution in [0.5, 0.6) is 0 Å². The fraction of sp³-hybridized carbons (Fsp3) is 0.500. The van der Waals surface area contributed by atoms with E-state index in [1.54, 1.807) is 26.5 Å². The van der Waals surface area contributed by atoms with Crippen molar-refractivity contribution < 1.29 is 9.53 Å². The molecule has 0 saturated carbocycles. The lowest BCUT2D eigenvalue weighted by atomic mass is 9.94. The summed E-state index contributed by atoms with van der Waals surface area (Å²) in [5, 5.41) is 8.66. The molecule has 1 unspecified atom stereocenters. The van der Waals surface area contributed by atoms with Crippen molar-refractivity contribution in [3.05, 3.63) is 28.8 Å². The van der Waals surface area contributed by atoms with Crippen molar-refractivity contribution in [1.82, 2.24) is 29.3 Å². The number of halogens is 1. The maximum absolute atomic E-state index is 12.6. The van der Waals surface area contributed by atoms with Crippen LogP contribution >= 0.6 is 15.9 Å². The van der Waals surface area contributed by atoms with Crippen molar-refractivity contribution in [1.29, 1.82) is 0 Å². The summed E-state index contributed by atoms with van der Waals surface area (Å²) in [5.41, 5.74) is 9.16. The van der Waals surface area contributed by atoms with Crippen LogP contribution in [-0.4, -0.2) is 54.1 Å². The van der Waals surface area contributed by atoms with Crippen LogP contribution in [0, 0.1) is 0 Å². The van der Waals surface area contributed by atoms with Gasteiger partial charge in [-0.3, -0.25) is 4.68 Å². The number of nitrogen functional groups attached to an aromatic ring is 1. The number of likely N-dealkylation sites (tertiary alicyclic amines) is 1. The summed E-state index contributed by atoms with van der Waals surface area (Å²) in [6.45, 7) is 6.83. The highest BCUT2D eigenvalue weighted by Crippen LogP contribution is 2.36. The Morgan fingerprint density at radius 1 is 1.30 bits per heavy atom. The Balaban J connectivity index is 1.69. The summed E-state index contributed by atoms with van der Waals surface area (Å²) in [4.78, 5) is 19.3. The van der Waals surface area contributed by atoms with Gasteiger partial charge in [0.25, 0.3) is 0 Å². The minimum Gasteiger partial charge on any atom is -0.444 e. The second-order valence-corrected chi connectivity index (χ2v) is 9.45. The van der Waals surface area contributed by atoms with E-state index in [0.717, 1.165) is 29.7 Å². The number of piperidine rings is 1. The Morgan fingerprint density at radius 3 is 2.73 bits per heavy atom. The van der Waals surface area contributed by atoms with Crippen LogP contribution in [0.3, 0.4) is 0 Å². The van der Waals surface area contributed by atoms with Gasteiger partial charge in [-0.2, -0.15) is 14.7 Å². The number of fused-ring (bicyclic) bond motifs is 1. The predicted octanol–water partition coefficient (Wildman–Crippen LogP) is 3.59. The van der Waals surface area contributed by atoms with Crippen molar-refractivity contribution in [2.24, 2.45) is 7.05 Å². The highest BCUT2D eigenvalue weighted by molar-refractivity contribution is 9.10. The minimum atomic E-state index is -0.525. The van der Waals surface area contributed by atoms with E-state index in [1.165, 1.54) is 0 Å². The number of ether oxygens (including phenoxy) is 1. The van der Waals surface area contributed by atoms with E-state index in [4.69, 9.17) is 15.5 Å². The molecule has 1 aliphatic rings. The molecule has 0 aliphatic carbocycles. The molecule has 160 valence electrons. The van der Waals surface area contributed by atoms with Crippen molar-refractivity contribution in [3.8, 4) is 11.1 Å². The molecule has 4 heterocycles. The molecule has 1 aliphatic heterocycles. The molecule has 1 amide bonds. The fourth-order valence-electron chi connectivity index (χ4n) is 3.74. The number of aromatic nitrogens is 5. The third-order valence-electron chi connectivity index (χ3n) is 5.12. The highest BCUT2D eigenvalue weighted by atomic mass is 79.9. The van der Waals surface area contributed by atoms with Gasteiger partial charge in [-0.1, -0.05) is 0 Å². The molecule has 2 N–H and O–H groups in total. The third-order valence-corrected chi connectivity index (χ3v) is 5.94. The summed E-state index contributed by atoms with van der Waals surface area (Å²) < 4.78 is 9.64. The lowest BCUT2D eigenvalue weighted by Crippen LogP contribution is -2.42. The summed E-state index contributed by atoms with van der Waals surface area (Å²) in [6.07, 6.45) is 6.94. The second kappa shape index (κ2) is 7.57. The van der Waals surface area contributed by atoms with Crippen LogP contribution in [0.1, 0.15) is 45.2 Å². The second-order valence-electron chi connectivity index (χ2n) is 8.66. The van der Waals surface area contributed by atoms with E-state index >= 15 is 0 Å². The molecule has 0 bridgehead atoms. The maximum atomic E-state index is 12.6. The van der Waals surface area contributed by atoms with Gasteiger partial charge in [0.1, 0.15) is 11.4 Å². The van der Waals surface area contributed by atoms with Gasteiger partial charge in [-0.05, 0) is 49.5 Å². The zero-order chi connectivity index (χ0) is 21.6.